The Hall–Kier alpha value is -1.65. The summed E-state index contributed by atoms with van der Waals surface area (Å²) in [7, 11) is 0. The third kappa shape index (κ3) is 3.18. The van der Waals surface area contributed by atoms with Gasteiger partial charge >= 0.3 is 0 Å². The smallest absolute Gasteiger partial charge is 0.183 e. The molecule has 0 bridgehead atoms. The van der Waals surface area contributed by atoms with Gasteiger partial charge in [-0.25, -0.2) is 0 Å². The lowest BCUT2D eigenvalue weighted by atomic mass is 10.1. The summed E-state index contributed by atoms with van der Waals surface area (Å²) in [6.07, 6.45) is 0. The van der Waals surface area contributed by atoms with Crippen LogP contribution in [0.5, 0.6) is 5.75 Å². The summed E-state index contributed by atoms with van der Waals surface area (Å²) < 4.78 is 5.50. The second-order valence-electron chi connectivity index (χ2n) is 4.11. The summed E-state index contributed by atoms with van der Waals surface area (Å²) in [5, 5.41) is 3.66. The molecule has 3 nitrogen and oxygen atoms in total. The Kier molecular flexibility index (Phi) is 4.12. The largest absolute Gasteiger partial charge is 0.491 e. The molecule has 1 aromatic heterocycles. The molecule has 0 saturated heterocycles. The Bertz CT molecular complexity index is 505. The van der Waals surface area contributed by atoms with E-state index in [0.717, 1.165) is 5.75 Å². The van der Waals surface area contributed by atoms with Crippen molar-refractivity contribution in [1.82, 2.24) is 0 Å². The van der Waals surface area contributed by atoms with Crippen LogP contribution in [0.2, 0.25) is 0 Å². The number of rotatable bonds is 5. The van der Waals surface area contributed by atoms with Crippen LogP contribution in [0.4, 0.5) is 0 Å². The number of thiophene rings is 1. The van der Waals surface area contributed by atoms with Crippen LogP contribution < -0.4 is 10.5 Å². The summed E-state index contributed by atoms with van der Waals surface area (Å²) in [5.74, 6) is 0.650. The van der Waals surface area contributed by atoms with Gasteiger partial charge in [-0.05, 0) is 30.5 Å². The molecule has 2 rings (SSSR count). The third-order valence-electron chi connectivity index (χ3n) is 2.59. The van der Waals surface area contributed by atoms with E-state index < -0.39 is 6.04 Å². The van der Waals surface area contributed by atoms with Gasteiger partial charge in [-0.15, -0.1) is 0 Å². The molecule has 0 spiro atoms. The number of ether oxygens (including phenoxy) is 1. The van der Waals surface area contributed by atoms with E-state index in [9.17, 15) is 4.79 Å². The van der Waals surface area contributed by atoms with Crippen LogP contribution in [0, 0.1) is 6.92 Å². The van der Waals surface area contributed by atoms with E-state index in [1.807, 2.05) is 36.6 Å². The van der Waals surface area contributed by atoms with Crippen molar-refractivity contribution in [3.8, 4) is 5.75 Å². The minimum Gasteiger partial charge on any atom is -0.491 e. The first kappa shape index (κ1) is 12.8. The van der Waals surface area contributed by atoms with Crippen LogP contribution in [0.15, 0.2) is 41.1 Å². The second-order valence-corrected chi connectivity index (χ2v) is 4.89. The van der Waals surface area contributed by atoms with Crippen LogP contribution in [0.1, 0.15) is 15.9 Å². The van der Waals surface area contributed by atoms with Crippen LogP contribution >= 0.6 is 11.3 Å². The van der Waals surface area contributed by atoms with Crippen molar-refractivity contribution >= 4 is 17.1 Å². The molecular formula is C14H15NO2S. The Balaban J connectivity index is 1.90. The monoisotopic (exact) mass is 261 g/mol. The zero-order valence-electron chi connectivity index (χ0n) is 10.1. The number of nitrogens with two attached hydrogens (primary N) is 1. The number of hydrogen-bond acceptors (Lipinski definition) is 4. The lowest BCUT2D eigenvalue weighted by Crippen LogP contribution is -2.36. The topological polar surface area (TPSA) is 52.3 Å². The van der Waals surface area contributed by atoms with Gasteiger partial charge in [-0.1, -0.05) is 17.7 Å². The van der Waals surface area contributed by atoms with Gasteiger partial charge in [0.15, 0.2) is 5.78 Å². The summed E-state index contributed by atoms with van der Waals surface area (Å²) in [6, 6.07) is 8.82. The van der Waals surface area contributed by atoms with Gasteiger partial charge in [0.1, 0.15) is 18.4 Å². The lowest BCUT2D eigenvalue weighted by molar-refractivity contribution is 0.0933. The van der Waals surface area contributed by atoms with E-state index in [-0.39, 0.29) is 12.4 Å². The molecule has 2 N–H and O–H groups in total. The van der Waals surface area contributed by atoms with E-state index >= 15 is 0 Å². The standard InChI is InChI=1S/C14H15NO2S/c1-10-2-4-12(5-3-10)17-8-13(15)14(16)11-6-7-18-9-11/h2-7,9,13H,8,15H2,1H3. The number of carbonyl (C=O) groups excluding carboxylic acids is 1. The van der Waals surface area contributed by atoms with Crippen molar-refractivity contribution in [3.05, 3.63) is 52.2 Å². The maximum absolute atomic E-state index is 11.9. The normalized spacial score (nSPS) is 12.1. The molecule has 0 saturated carbocycles. The molecule has 1 aromatic carbocycles. The van der Waals surface area contributed by atoms with E-state index in [1.54, 1.807) is 11.4 Å². The van der Waals surface area contributed by atoms with Gasteiger partial charge in [0.05, 0.1) is 0 Å². The summed E-state index contributed by atoms with van der Waals surface area (Å²) in [6.45, 7) is 2.20. The van der Waals surface area contributed by atoms with Gasteiger partial charge in [0.25, 0.3) is 0 Å². The fourth-order valence-corrected chi connectivity index (χ4v) is 2.16. The van der Waals surface area contributed by atoms with Gasteiger partial charge in [-0.2, -0.15) is 11.3 Å². The zero-order chi connectivity index (χ0) is 13.0. The molecule has 1 unspecified atom stereocenters. The third-order valence-corrected chi connectivity index (χ3v) is 3.28. The van der Waals surface area contributed by atoms with E-state index in [0.29, 0.717) is 5.56 Å². The van der Waals surface area contributed by atoms with E-state index in [4.69, 9.17) is 10.5 Å². The fraction of sp³-hybridized carbons (Fsp3) is 0.214. The number of ketones is 1. The fourth-order valence-electron chi connectivity index (χ4n) is 1.51. The zero-order valence-corrected chi connectivity index (χ0v) is 10.9. The lowest BCUT2D eigenvalue weighted by Gasteiger charge is -2.11. The Morgan fingerprint density at radius 1 is 1.33 bits per heavy atom. The molecule has 0 radical (unpaired) electrons. The van der Waals surface area contributed by atoms with Crippen LogP contribution in [-0.2, 0) is 0 Å². The quantitative estimate of drug-likeness (QED) is 0.842. The molecule has 0 fully saturated rings. The molecule has 0 aliphatic carbocycles. The number of aryl methyl sites for hydroxylation is 1. The maximum atomic E-state index is 11.9. The van der Waals surface area contributed by atoms with Crippen molar-refractivity contribution in [3.63, 3.8) is 0 Å². The van der Waals surface area contributed by atoms with Crippen molar-refractivity contribution < 1.29 is 9.53 Å². The average molecular weight is 261 g/mol. The van der Waals surface area contributed by atoms with Gasteiger partial charge in [-0.3, -0.25) is 4.79 Å². The molecule has 1 atom stereocenters. The van der Waals surface area contributed by atoms with Crippen LogP contribution in [-0.4, -0.2) is 18.4 Å². The first-order valence-electron chi connectivity index (χ1n) is 5.68. The molecule has 0 amide bonds. The van der Waals surface area contributed by atoms with Crippen molar-refractivity contribution in [2.75, 3.05) is 6.61 Å². The molecule has 1 heterocycles. The Morgan fingerprint density at radius 3 is 2.67 bits per heavy atom. The molecule has 2 aromatic rings. The maximum Gasteiger partial charge on any atom is 0.183 e. The van der Waals surface area contributed by atoms with Crippen molar-refractivity contribution in [2.45, 2.75) is 13.0 Å². The Morgan fingerprint density at radius 2 is 2.06 bits per heavy atom. The highest BCUT2D eigenvalue weighted by molar-refractivity contribution is 7.08. The Labute approximate surface area is 110 Å². The summed E-state index contributed by atoms with van der Waals surface area (Å²) in [5.41, 5.74) is 7.64. The summed E-state index contributed by atoms with van der Waals surface area (Å²) in [4.78, 5) is 11.9. The predicted molar refractivity (Wildman–Crippen MR) is 73.3 cm³/mol. The van der Waals surface area contributed by atoms with E-state index in [2.05, 4.69) is 0 Å². The van der Waals surface area contributed by atoms with E-state index in [1.165, 1.54) is 16.9 Å². The molecular weight excluding hydrogens is 246 g/mol. The number of carbonyl (C=O) groups is 1. The summed E-state index contributed by atoms with van der Waals surface area (Å²) >= 11 is 1.48. The SMILES string of the molecule is Cc1ccc(OCC(N)C(=O)c2ccsc2)cc1. The molecule has 94 valence electrons. The van der Waals surface area contributed by atoms with Crippen LogP contribution in [0.25, 0.3) is 0 Å². The van der Waals surface area contributed by atoms with Gasteiger partial charge in [0, 0.05) is 10.9 Å². The highest BCUT2D eigenvalue weighted by atomic mass is 32.1. The first-order valence-corrected chi connectivity index (χ1v) is 6.62. The second kappa shape index (κ2) is 5.80. The average Bonchev–Trinajstić information content (AvgIpc) is 2.90. The highest BCUT2D eigenvalue weighted by Crippen LogP contribution is 2.13. The van der Waals surface area contributed by atoms with Crippen LogP contribution in [0.3, 0.4) is 0 Å². The first-order chi connectivity index (χ1) is 8.66. The van der Waals surface area contributed by atoms with Gasteiger partial charge in [0.2, 0.25) is 0 Å². The molecule has 0 aliphatic heterocycles. The minimum atomic E-state index is -0.624. The number of Topliss-reactive ketones (excluding diaryl/α,β-unsaturated/α-hetero) is 1. The molecule has 0 aliphatic rings. The minimum absolute atomic E-state index is 0.0802. The van der Waals surface area contributed by atoms with Crippen molar-refractivity contribution in [2.24, 2.45) is 5.73 Å². The van der Waals surface area contributed by atoms with Gasteiger partial charge < -0.3 is 10.5 Å². The van der Waals surface area contributed by atoms with Crippen molar-refractivity contribution in [1.29, 1.82) is 0 Å². The predicted octanol–water partition coefficient (Wildman–Crippen LogP) is 2.65. The molecule has 4 heteroatoms. The number of benzene rings is 1. The number of hydrogen-bond donors (Lipinski definition) is 1. The molecule has 18 heavy (non-hydrogen) atoms. The highest BCUT2D eigenvalue weighted by Gasteiger charge is 2.16.